The molecule has 0 aliphatic heterocycles. The lowest BCUT2D eigenvalue weighted by atomic mass is 9.97. The van der Waals surface area contributed by atoms with Crippen LogP contribution in [0.3, 0.4) is 0 Å². The summed E-state index contributed by atoms with van der Waals surface area (Å²) in [6, 6.07) is 125. The molecule has 0 radical (unpaired) electrons. The molecule has 688 valence electrons. The van der Waals surface area contributed by atoms with Crippen LogP contribution in [0.15, 0.2) is 450 Å². The highest BCUT2D eigenvalue weighted by Gasteiger charge is 2.24. The van der Waals surface area contributed by atoms with Gasteiger partial charge in [0.1, 0.15) is 57.9 Å². The highest BCUT2D eigenvalue weighted by molar-refractivity contribution is 6.13. The molecule has 27 aromatic rings. The van der Waals surface area contributed by atoms with E-state index in [1.54, 1.807) is 60.9 Å². The average Bonchev–Trinajstić information content (AvgIpc) is 1.60. The van der Waals surface area contributed by atoms with Gasteiger partial charge >= 0.3 is 0 Å². The summed E-state index contributed by atoms with van der Waals surface area (Å²) in [4.78, 5) is 37.5. The van der Waals surface area contributed by atoms with Crippen molar-refractivity contribution >= 4 is 98.4 Å². The molecule has 0 spiro atoms. The van der Waals surface area contributed by atoms with Gasteiger partial charge in [0.05, 0.1) is 72.4 Å². The van der Waals surface area contributed by atoms with Gasteiger partial charge in [-0.1, -0.05) is 152 Å². The van der Waals surface area contributed by atoms with E-state index >= 15 is 0 Å². The van der Waals surface area contributed by atoms with Gasteiger partial charge in [0, 0.05) is 142 Å². The Labute approximate surface area is 816 Å². The quantitative estimate of drug-likeness (QED) is 0.104. The number of imidazole rings is 1. The van der Waals surface area contributed by atoms with Crippen LogP contribution in [0.25, 0.3) is 223 Å². The van der Waals surface area contributed by atoms with Crippen molar-refractivity contribution in [3.63, 3.8) is 0 Å². The van der Waals surface area contributed by atoms with E-state index in [-0.39, 0.29) is 46.5 Å². The number of nitrogens with zero attached hydrogens (tertiary/aromatic N) is 14. The minimum atomic E-state index is -0.367. The summed E-state index contributed by atoms with van der Waals surface area (Å²) in [5, 5.41) is 5.39. The third-order valence-electron chi connectivity index (χ3n) is 25.8. The minimum Gasteiger partial charge on any atom is -0.323 e. The van der Waals surface area contributed by atoms with Crippen LogP contribution in [0.5, 0.6) is 0 Å². The molecule has 12 aromatic heterocycles. The molecular weight excluding hydrogens is 1810 g/mol. The molecule has 144 heavy (non-hydrogen) atoms. The zero-order valence-corrected chi connectivity index (χ0v) is 76.0. The molecule has 0 N–H and O–H groups in total. The molecule has 0 atom stereocenters. The number of benzene rings is 15. The molecule has 0 saturated heterocycles. The first-order valence-corrected chi connectivity index (χ1v) is 46.3. The van der Waals surface area contributed by atoms with E-state index in [1.807, 2.05) is 237 Å². The minimum absolute atomic E-state index is 0.338. The highest BCUT2D eigenvalue weighted by atomic mass is 19.2. The smallest absolute Gasteiger partial charge is 0.182 e. The van der Waals surface area contributed by atoms with Crippen LogP contribution in [0.1, 0.15) is 0 Å². The van der Waals surface area contributed by atoms with Crippen LogP contribution < -0.4 is 0 Å². The van der Waals surface area contributed by atoms with Crippen molar-refractivity contribution in [2.75, 3.05) is 0 Å². The SMILES string of the molecule is Fc1ccc2c(c1)c1cc(F)ccc1n2-c1ccc(-c2cc(-c3ccccn3)nc(-c3ccccc3)n2)cc1.Fc1ccc2c(c1)c1cc(F)ccc1n2-c1ccc(-c2cn3ccccc3c2-c2ccccc2)cc1.Fc1ccc2c(c1)c1cc(F)ccc1n2-c1ccc(-c2cn3ccccc3n2)cc1.Fc1ccc2c(c1)c1cc(F)ccc1n2-c1ccc(-c2nc(-c3ccccc3)nc(-c3ccccn3)n2)cc1. The lowest BCUT2D eigenvalue weighted by Crippen LogP contribution is -2.01. The molecule has 0 unspecified atom stereocenters. The first-order chi connectivity index (χ1) is 70.6. The maximum absolute atomic E-state index is 14.1. The number of fused-ring (bicyclic) bond motifs is 14. The Hall–Kier alpha value is -19.2. The fourth-order valence-electron chi connectivity index (χ4n) is 19.2. The molecule has 0 saturated carbocycles. The Morgan fingerprint density at radius 3 is 0.861 bits per heavy atom. The van der Waals surface area contributed by atoms with Gasteiger partial charge < -0.3 is 27.1 Å². The molecule has 15 aromatic carbocycles. The zero-order valence-electron chi connectivity index (χ0n) is 76.0. The molecule has 0 aliphatic carbocycles. The number of rotatable bonds is 13. The standard InChI is InChI=1S/C33H20F2N4.C32H19F2N5.C32H20F2N2.C25H15F2N3/c34-23-11-15-31-26(18-23)27-19-24(35)12-16-32(27)39(31)25-13-9-21(10-14-25)29-20-30(28-8-4-5-17-36-28)38-33(37-29)22-6-2-1-3-7-22;33-22-11-15-28-25(18-22)26-19-23(34)12-16-29(26)39(28)24-13-9-21(10-14-24)31-36-30(20-6-2-1-3-7-20)37-32(38-31)27-8-4-5-17-35-27;33-23-11-15-29-26(18-23)27-19-24(34)12-16-30(27)36(29)25-13-9-21(10-14-25)28-20-35-17-5-4-8-31(35)32(28)22-6-2-1-3-7-22;26-17-6-10-23-20(13-17)21-14-18(27)7-11-24(21)30(23)19-8-4-16(5-9-19)22-15-29-12-2-1-3-25(29)28-22/h1-20H;1-19H;1-20H;1-15H. The second-order valence-corrected chi connectivity index (χ2v) is 34.6. The first-order valence-electron chi connectivity index (χ1n) is 46.3. The third-order valence-corrected chi connectivity index (χ3v) is 25.8. The molecule has 27 rings (SSSR count). The molecule has 0 fully saturated rings. The van der Waals surface area contributed by atoms with Crippen LogP contribution in [-0.2, 0) is 0 Å². The Bertz CT molecular complexity index is 8920. The molecule has 0 bridgehead atoms. The van der Waals surface area contributed by atoms with Gasteiger partial charge in [-0.25, -0.2) is 65.0 Å². The number of hydrogen-bond acceptors (Lipinski definition) is 8. The number of pyridine rings is 4. The molecule has 14 nitrogen and oxygen atoms in total. The Balaban J connectivity index is 0.000000104. The number of hydrogen-bond donors (Lipinski definition) is 0. The van der Waals surface area contributed by atoms with E-state index in [2.05, 4.69) is 97.0 Å². The van der Waals surface area contributed by atoms with Crippen molar-refractivity contribution in [2.24, 2.45) is 0 Å². The average molecular weight is 1890 g/mol. The van der Waals surface area contributed by atoms with Crippen molar-refractivity contribution in [1.82, 2.24) is 66.9 Å². The van der Waals surface area contributed by atoms with Crippen molar-refractivity contribution in [3.8, 4) is 125 Å². The van der Waals surface area contributed by atoms with Gasteiger partial charge in [-0.15, -0.1) is 0 Å². The van der Waals surface area contributed by atoms with Gasteiger partial charge in [-0.2, -0.15) is 0 Å². The molecule has 22 heteroatoms. The second-order valence-electron chi connectivity index (χ2n) is 34.6. The molecular formula is C122H74F8N14. The van der Waals surface area contributed by atoms with Crippen molar-refractivity contribution in [1.29, 1.82) is 0 Å². The summed E-state index contributed by atoms with van der Waals surface area (Å²) in [7, 11) is 0. The predicted octanol–water partition coefficient (Wildman–Crippen LogP) is 30.9. The first kappa shape index (κ1) is 87.5. The van der Waals surface area contributed by atoms with E-state index < -0.39 is 0 Å². The summed E-state index contributed by atoms with van der Waals surface area (Å²) in [6.07, 6.45) is 11.7. The van der Waals surface area contributed by atoms with Gasteiger partial charge in [-0.3, -0.25) is 9.97 Å². The summed E-state index contributed by atoms with van der Waals surface area (Å²) in [5.74, 6) is -0.640. The summed E-state index contributed by atoms with van der Waals surface area (Å²) < 4.78 is 125. The van der Waals surface area contributed by atoms with E-state index in [9.17, 15) is 35.1 Å². The van der Waals surface area contributed by atoms with E-state index in [0.717, 1.165) is 145 Å². The highest BCUT2D eigenvalue weighted by Crippen LogP contribution is 2.43. The van der Waals surface area contributed by atoms with Crippen molar-refractivity contribution < 1.29 is 35.1 Å². The molecule has 0 amide bonds. The van der Waals surface area contributed by atoms with E-state index in [1.165, 1.54) is 103 Å². The van der Waals surface area contributed by atoms with Crippen LogP contribution in [0.2, 0.25) is 0 Å². The summed E-state index contributed by atoms with van der Waals surface area (Å²) >= 11 is 0. The lowest BCUT2D eigenvalue weighted by molar-refractivity contribution is 0.628. The van der Waals surface area contributed by atoms with Crippen LogP contribution >= 0.6 is 0 Å². The Morgan fingerprint density at radius 1 is 0.181 bits per heavy atom. The topological polar surface area (TPSA) is 132 Å². The van der Waals surface area contributed by atoms with Crippen LogP contribution in [0, 0.1) is 46.5 Å². The molecule has 0 aliphatic rings. The maximum atomic E-state index is 14.1. The second kappa shape index (κ2) is 36.9. The zero-order chi connectivity index (χ0) is 97.2. The van der Waals surface area contributed by atoms with Gasteiger partial charge in [0.15, 0.2) is 23.3 Å². The number of aromatic nitrogens is 14. The van der Waals surface area contributed by atoms with Crippen molar-refractivity contribution in [3.05, 3.63) is 496 Å². The monoisotopic (exact) mass is 1890 g/mol. The largest absolute Gasteiger partial charge is 0.323 e. The number of halogens is 8. The summed E-state index contributed by atoms with van der Waals surface area (Å²) in [6.45, 7) is 0. The molecule has 12 heterocycles. The van der Waals surface area contributed by atoms with E-state index in [0.29, 0.717) is 72.1 Å². The Morgan fingerprint density at radius 2 is 0.486 bits per heavy atom. The van der Waals surface area contributed by atoms with Crippen molar-refractivity contribution in [2.45, 2.75) is 0 Å². The van der Waals surface area contributed by atoms with Gasteiger partial charge in [0.25, 0.3) is 0 Å². The predicted molar refractivity (Wildman–Crippen MR) is 556 cm³/mol. The fraction of sp³-hybridized carbons (Fsp3) is 0. The van der Waals surface area contributed by atoms with E-state index in [4.69, 9.17) is 24.9 Å². The lowest BCUT2D eigenvalue weighted by Gasteiger charge is -2.11. The van der Waals surface area contributed by atoms with Crippen LogP contribution in [0.4, 0.5) is 35.1 Å². The summed E-state index contributed by atoms with van der Waals surface area (Å²) in [5.41, 5.74) is 25.0. The Kier molecular flexibility index (Phi) is 22.5. The van der Waals surface area contributed by atoms with Gasteiger partial charge in [-0.05, 0) is 272 Å². The fourth-order valence-corrected chi connectivity index (χ4v) is 19.2. The maximum Gasteiger partial charge on any atom is 0.182 e. The van der Waals surface area contributed by atoms with Crippen LogP contribution in [-0.4, -0.2) is 66.9 Å². The van der Waals surface area contributed by atoms with Gasteiger partial charge in [0.2, 0.25) is 0 Å². The third kappa shape index (κ3) is 16.6. The normalized spacial score (nSPS) is 11.5.